The van der Waals surface area contributed by atoms with Gasteiger partial charge < -0.3 is 15.0 Å². The molecule has 2 rings (SSSR count). The van der Waals surface area contributed by atoms with Crippen LogP contribution in [-0.2, 0) is 4.74 Å². The maximum Gasteiger partial charge on any atom is 0.228 e. The molecule has 2 heterocycles. The SMILES string of the molecule is CN1CCOC(CNc2nc(Cl)nc(Cl)n2)C1. The zero-order chi connectivity index (χ0) is 12.3. The van der Waals surface area contributed by atoms with Gasteiger partial charge in [-0.15, -0.1) is 0 Å². The van der Waals surface area contributed by atoms with Gasteiger partial charge in [-0.1, -0.05) is 0 Å². The highest BCUT2D eigenvalue weighted by atomic mass is 35.5. The topological polar surface area (TPSA) is 63.2 Å². The van der Waals surface area contributed by atoms with Gasteiger partial charge >= 0.3 is 0 Å². The molecule has 1 N–H and O–H groups in total. The largest absolute Gasteiger partial charge is 0.374 e. The number of ether oxygens (including phenoxy) is 1. The van der Waals surface area contributed by atoms with E-state index in [-0.39, 0.29) is 16.7 Å². The normalized spacial score (nSPS) is 21.5. The fourth-order valence-electron chi connectivity index (χ4n) is 1.60. The quantitative estimate of drug-likeness (QED) is 0.887. The summed E-state index contributed by atoms with van der Waals surface area (Å²) in [4.78, 5) is 13.7. The van der Waals surface area contributed by atoms with Crippen LogP contribution in [0.4, 0.5) is 5.95 Å². The summed E-state index contributed by atoms with van der Waals surface area (Å²) in [6.45, 7) is 3.18. The monoisotopic (exact) mass is 277 g/mol. The van der Waals surface area contributed by atoms with Crippen molar-refractivity contribution in [3.8, 4) is 0 Å². The molecule has 0 bridgehead atoms. The van der Waals surface area contributed by atoms with E-state index in [2.05, 4.69) is 32.2 Å². The van der Waals surface area contributed by atoms with Gasteiger partial charge in [-0.25, -0.2) is 0 Å². The van der Waals surface area contributed by atoms with Gasteiger partial charge in [-0.05, 0) is 30.2 Å². The van der Waals surface area contributed by atoms with E-state index < -0.39 is 0 Å². The van der Waals surface area contributed by atoms with Crippen LogP contribution in [0.25, 0.3) is 0 Å². The number of likely N-dealkylation sites (N-methyl/N-ethyl adjacent to an activating group) is 1. The van der Waals surface area contributed by atoms with Gasteiger partial charge in [0.2, 0.25) is 16.5 Å². The summed E-state index contributed by atoms with van der Waals surface area (Å²) in [6.07, 6.45) is 0.114. The summed E-state index contributed by atoms with van der Waals surface area (Å²) >= 11 is 11.3. The first-order chi connectivity index (χ1) is 8.13. The van der Waals surface area contributed by atoms with E-state index in [4.69, 9.17) is 27.9 Å². The molecule has 8 heteroatoms. The van der Waals surface area contributed by atoms with Crippen LogP contribution in [0.2, 0.25) is 10.6 Å². The van der Waals surface area contributed by atoms with Crippen LogP contribution in [0.5, 0.6) is 0 Å². The van der Waals surface area contributed by atoms with Crippen molar-refractivity contribution in [3.05, 3.63) is 10.6 Å². The molecule has 1 aromatic heterocycles. The Morgan fingerprint density at radius 3 is 2.71 bits per heavy atom. The summed E-state index contributed by atoms with van der Waals surface area (Å²) in [5.41, 5.74) is 0. The fraction of sp³-hybridized carbons (Fsp3) is 0.667. The summed E-state index contributed by atoms with van der Waals surface area (Å²) in [5.74, 6) is 0.367. The number of hydrogen-bond donors (Lipinski definition) is 1. The highest BCUT2D eigenvalue weighted by molar-refractivity contribution is 6.31. The third kappa shape index (κ3) is 3.92. The molecule has 0 amide bonds. The summed E-state index contributed by atoms with van der Waals surface area (Å²) in [5, 5.41) is 3.19. The van der Waals surface area contributed by atoms with E-state index in [1.54, 1.807) is 0 Å². The third-order valence-electron chi connectivity index (χ3n) is 2.41. The molecule has 0 radical (unpaired) electrons. The molecule has 94 valence electrons. The van der Waals surface area contributed by atoms with Gasteiger partial charge in [-0.2, -0.15) is 15.0 Å². The van der Waals surface area contributed by atoms with E-state index in [0.717, 1.165) is 19.7 Å². The van der Waals surface area contributed by atoms with Crippen molar-refractivity contribution in [1.29, 1.82) is 0 Å². The molecule has 1 aliphatic rings. The Morgan fingerprint density at radius 1 is 1.35 bits per heavy atom. The number of morpholine rings is 1. The Hall–Kier alpha value is -0.690. The predicted molar refractivity (Wildman–Crippen MR) is 65.6 cm³/mol. The highest BCUT2D eigenvalue weighted by Crippen LogP contribution is 2.10. The molecule has 1 aromatic rings. The molecular weight excluding hydrogens is 265 g/mol. The predicted octanol–water partition coefficient (Wildman–Crippen LogP) is 0.921. The molecule has 1 aliphatic heterocycles. The van der Waals surface area contributed by atoms with E-state index in [1.165, 1.54) is 0 Å². The maximum absolute atomic E-state index is 5.67. The van der Waals surface area contributed by atoms with Crippen LogP contribution in [0, 0.1) is 0 Å². The smallest absolute Gasteiger partial charge is 0.228 e. The molecule has 0 saturated carbocycles. The average molecular weight is 278 g/mol. The second kappa shape index (κ2) is 5.77. The van der Waals surface area contributed by atoms with Crippen molar-refractivity contribution < 1.29 is 4.74 Å². The van der Waals surface area contributed by atoms with Gasteiger partial charge in [0.05, 0.1) is 12.7 Å². The first-order valence-corrected chi connectivity index (χ1v) is 6.00. The van der Waals surface area contributed by atoms with Crippen LogP contribution in [-0.4, -0.2) is 59.2 Å². The minimum absolute atomic E-state index is 0.0779. The van der Waals surface area contributed by atoms with Crippen LogP contribution in [0.15, 0.2) is 0 Å². The Bertz CT molecular complexity index is 371. The molecule has 1 atom stereocenters. The molecule has 1 fully saturated rings. The minimum Gasteiger partial charge on any atom is -0.374 e. The number of halogens is 2. The van der Waals surface area contributed by atoms with Crippen molar-refractivity contribution in [2.75, 3.05) is 38.6 Å². The van der Waals surface area contributed by atoms with Gasteiger partial charge in [-0.3, -0.25) is 0 Å². The molecule has 1 saturated heterocycles. The van der Waals surface area contributed by atoms with Crippen LogP contribution in [0.3, 0.4) is 0 Å². The molecule has 0 aromatic carbocycles. The lowest BCUT2D eigenvalue weighted by Crippen LogP contribution is -2.43. The molecule has 17 heavy (non-hydrogen) atoms. The molecule has 0 spiro atoms. The number of aromatic nitrogens is 3. The summed E-state index contributed by atoms with van der Waals surface area (Å²) in [7, 11) is 2.06. The number of anilines is 1. The van der Waals surface area contributed by atoms with E-state index in [9.17, 15) is 0 Å². The van der Waals surface area contributed by atoms with Crippen molar-refractivity contribution in [1.82, 2.24) is 19.9 Å². The van der Waals surface area contributed by atoms with Crippen molar-refractivity contribution in [3.63, 3.8) is 0 Å². The number of nitrogens with zero attached hydrogens (tertiary/aromatic N) is 4. The van der Waals surface area contributed by atoms with Crippen molar-refractivity contribution >= 4 is 29.2 Å². The lowest BCUT2D eigenvalue weighted by Gasteiger charge is -2.30. The zero-order valence-electron chi connectivity index (χ0n) is 9.36. The van der Waals surface area contributed by atoms with Crippen LogP contribution < -0.4 is 5.32 Å². The third-order valence-corrected chi connectivity index (χ3v) is 2.75. The number of nitrogens with one attached hydrogen (secondary N) is 1. The van der Waals surface area contributed by atoms with E-state index in [1.807, 2.05) is 0 Å². The second-order valence-corrected chi connectivity index (χ2v) is 4.51. The number of hydrogen-bond acceptors (Lipinski definition) is 6. The van der Waals surface area contributed by atoms with Gasteiger partial charge in [0.15, 0.2) is 0 Å². The molecule has 1 unspecified atom stereocenters. The maximum atomic E-state index is 5.67. The minimum atomic E-state index is 0.0779. The average Bonchev–Trinajstić information content (AvgIpc) is 2.25. The summed E-state index contributed by atoms with van der Waals surface area (Å²) in [6, 6.07) is 0. The Morgan fingerprint density at radius 2 is 2.06 bits per heavy atom. The van der Waals surface area contributed by atoms with Crippen LogP contribution in [0.1, 0.15) is 0 Å². The summed E-state index contributed by atoms with van der Waals surface area (Å²) < 4.78 is 5.59. The Kier molecular flexibility index (Phi) is 4.33. The van der Waals surface area contributed by atoms with Gasteiger partial charge in [0.25, 0.3) is 0 Å². The van der Waals surface area contributed by atoms with Gasteiger partial charge in [0, 0.05) is 19.6 Å². The van der Waals surface area contributed by atoms with E-state index >= 15 is 0 Å². The molecule has 6 nitrogen and oxygen atoms in total. The van der Waals surface area contributed by atoms with Crippen molar-refractivity contribution in [2.45, 2.75) is 6.10 Å². The Labute approximate surface area is 109 Å². The van der Waals surface area contributed by atoms with Crippen molar-refractivity contribution in [2.24, 2.45) is 0 Å². The van der Waals surface area contributed by atoms with Crippen LogP contribution >= 0.6 is 23.2 Å². The molecule has 0 aliphatic carbocycles. The highest BCUT2D eigenvalue weighted by Gasteiger charge is 2.17. The first-order valence-electron chi connectivity index (χ1n) is 5.24. The lowest BCUT2D eigenvalue weighted by molar-refractivity contribution is -0.0118. The lowest BCUT2D eigenvalue weighted by atomic mass is 10.3. The molecular formula is C9H13Cl2N5O. The fourth-order valence-corrected chi connectivity index (χ4v) is 1.96. The standard InChI is InChI=1S/C9H13Cl2N5O/c1-16-2-3-17-6(5-16)4-12-9-14-7(10)13-8(11)15-9/h6H,2-5H2,1H3,(H,12,13,14,15). The number of rotatable bonds is 3. The van der Waals surface area contributed by atoms with Gasteiger partial charge in [0.1, 0.15) is 0 Å². The first kappa shape index (κ1) is 12.8. The second-order valence-electron chi connectivity index (χ2n) is 3.83. The zero-order valence-corrected chi connectivity index (χ0v) is 10.9. The Balaban J connectivity index is 1.88. The van der Waals surface area contributed by atoms with E-state index in [0.29, 0.717) is 12.5 Å².